The Morgan fingerprint density at radius 1 is 1.27 bits per heavy atom. The molecule has 6 nitrogen and oxygen atoms in total. The Kier molecular flexibility index (Phi) is 5.20. The fourth-order valence-corrected chi connectivity index (χ4v) is 3.44. The van der Waals surface area contributed by atoms with Gasteiger partial charge in [0.15, 0.2) is 5.82 Å². The average Bonchev–Trinajstić information content (AvgIpc) is 3.14. The van der Waals surface area contributed by atoms with Crippen molar-refractivity contribution < 1.29 is 4.79 Å². The van der Waals surface area contributed by atoms with E-state index in [4.69, 9.17) is 0 Å². The van der Waals surface area contributed by atoms with E-state index in [0.717, 1.165) is 37.4 Å². The zero-order chi connectivity index (χ0) is 18.7. The van der Waals surface area contributed by atoms with Crippen LogP contribution in [0.2, 0.25) is 0 Å². The van der Waals surface area contributed by atoms with Crippen molar-refractivity contribution in [3.63, 3.8) is 0 Å². The molecule has 1 amide bonds. The molecular formula is C20H29N5O. The van der Waals surface area contributed by atoms with Gasteiger partial charge < -0.3 is 20.1 Å². The second kappa shape index (κ2) is 7.40. The molecule has 0 aliphatic carbocycles. The van der Waals surface area contributed by atoms with Gasteiger partial charge in [0.25, 0.3) is 5.91 Å². The molecule has 3 heterocycles. The van der Waals surface area contributed by atoms with Crippen LogP contribution >= 0.6 is 0 Å². The van der Waals surface area contributed by atoms with Crippen LogP contribution in [0, 0.1) is 0 Å². The third-order valence-electron chi connectivity index (χ3n) is 4.76. The van der Waals surface area contributed by atoms with E-state index in [-0.39, 0.29) is 11.4 Å². The number of hydrogen-bond donors (Lipinski definition) is 2. The number of aromatic amines is 1. The van der Waals surface area contributed by atoms with Crippen LogP contribution in [-0.4, -0.2) is 52.5 Å². The van der Waals surface area contributed by atoms with Crippen LogP contribution in [0.5, 0.6) is 0 Å². The van der Waals surface area contributed by atoms with Gasteiger partial charge in [-0.1, -0.05) is 0 Å². The van der Waals surface area contributed by atoms with Gasteiger partial charge in [-0.05, 0) is 57.9 Å². The Hall–Kier alpha value is -2.50. The third-order valence-corrected chi connectivity index (χ3v) is 4.76. The minimum atomic E-state index is -0.0234. The average molecular weight is 355 g/mol. The van der Waals surface area contributed by atoms with E-state index in [1.807, 2.05) is 29.3 Å². The SMILES string of the molecule is CN(c1ncccc1NC(C)(C)C)C1CCN(C(=O)c2ccc[nH]2)CC1. The Balaban J connectivity index is 1.66. The van der Waals surface area contributed by atoms with Crippen LogP contribution in [0.1, 0.15) is 44.1 Å². The number of nitrogens with one attached hydrogen (secondary N) is 2. The summed E-state index contributed by atoms with van der Waals surface area (Å²) in [7, 11) is 2.10. The highest BCUT2D eigenvalue weighted by Gasteiger charge is 2.28. The van der Waals surface area contributed by atoms with Gasteiger partial charge in [0.2, 0.25) is 0 Å². The molecule has 0 unspecified atom stereocenters. The molecule has 2 N–H and O–H groups in total. The minimum Gasteiger partial charge on any atom is -0.377 e. The van der Waals surface area contributed by atoms with Gasteiger partial charge >= 0.3 is 0 Å². The third kappa shape index (κ3) is 4.18. The van der Waals surface area contributed by atoms with Crippen LogP contribution in [0.3, 0.4) is 0 Å². The van der Waals surface area contributed by atoms with Crippen LogP contribution in [0.25, 0.3) is 0 Å². The minimum absolute atomic E-state index is 0.0234. The molecule has 1 fully saturated rings. The van der Waals surface area contributed by atoms with Crippen LogP contribution < -0.4 is 10.2 Å². The molecule has 3 rings (SSSR count). The highest BCUT2D eigenvalue weighted by molar-refractivity contribution is 5.92. The number of nitrogens with zero attached hydrogens (tertiary/aromatic N) is 3. The lowest BCUT2D eigenvalue weighted by Crippen LogP contribution is -2.46. The van der Waals surface area contributed by atoms with E-state index in [1.54, 1.807) is 6.20 Å². The lowest BCUT2D eigenvalue weighted by Gasteiger charge is -2.38. The number of amides is 1. The van der Waals surface area contributed by atoms with Gasteiger partial charge in [0.05, 0.1) is 5.69 Å². The van der Waals surface area contributed by atoms with Crippen LogP contribution in [0.4, 0.5) is 11.5 Å². The van der Waals surface area contributed by atoms with Crippen molar-refractivity contribution in [3.05, 3.63) is 42.4 Å². The fraction of sp³-hybridized carbons (Fsp3) is 0.500. The topological polar surface area (TPSA) is 64.3 Å². The second-order valence-corrected chi connectivity index (χ2v) is 7.97. The normalized spacial score (nSPS) is 15.8. The Labute approximate surface area is 155 Å². The molecule has 1 saturated heterocycles. The maximum absolute atomic E-state index is 12.5. The molecule has 0 saturated carbocycles. The van der Waals surface area contributed by atoms with Gasteiger partial charge in [-0.15, -0.1) is 0 Å². The van der Waals surface area contributed by atoms with Gasteiger partial charge in [-0.2, -0.15) is 0 Å². The standard InChI is InChI=1S/C20H29N5O/c1-20(2,3)23-16-7-5-12-22-18(16)24(4)15-9-13-25(14-10-15)19(26)17-8-6-11-21-17/h5-8,11-12,15,21,23H,9-10,13-14H2,1-4H3. The van der Waals surface area contributed by atoms with E-state index in [2.05, 4.69) is 54.1 Å². The number of pyridine rings is 1. The molecule has 0 atom stereocenters. The first-order valence-corrected chi connectivity index (χ1v) is 9.24. The summed E-state index contributed by atoms with van der Waals surface area (Å²) < 4.78 is 0. The van der Waals surface area contributed by atoms with E-state index in [0.29, 0.717) is 11.7 Å². The fourth-order valence-electron chi connectivity index (χ4n) is 3.44. The lowest BCUT2D eigenvalue weighted by molar-refractivity contribution is 0.0708. The summed E-state index contributed by atoms with van der Waals surface area (Å²) >= 11 is 0. The summed E-state index contributed by atoms with van der Waals surface area (Å²) in [5.41, 5.74) is 1.69. The molecule has 0 radical (unpaired) electrons. The second-order valence-electron chi connectivity index (χ2n) is 7.97. The van der Waals surface area contributed by atoms with E-state index >= 15 is 0 Å². The summed E-state index contributed by atoms with van der Waals surface area (Å²) in [5.74, 6) is 1.06. The molecule has 2 aromatic heterocycles. The van der Waals surface area contributed by atoms with Crippen molar-refractivity contribution in [1.82, 2.24) is 14.9 Å². The number of rotatable bonds is 4. The number of hydrogen-bond acceptors (Lipinski definition) is 4. The van der Waals surface area contributed by atoms with Gasteiger partial charge in [0.1, 0.15) is 5.69 Å². The number of aromatic nitrogens is 2. The summed E-state index contributed by atoms with van der Waals surface area (Å²) in [5, 5.41) is 3.54. The highest BCUT2D eigenvalue weighted by atomic mass is 16.2. The number of anilines is 2. The first kappa shape index (κ1) is 18.3. The van der Waals surface area contributed by atoms with Crippen molar-refractivity contribution in [3.8, 4) is 0 Å². The van der Waals surface area contributed by atoms with Crippen LogP contribution in [-0.2, 0) is 0 Å². The van der Waals surface area contributed by atoms with Crippen molar-refractivity contribution in [2.24, 2.45) is 0 Å². The van der Waals surface area contributed by atoms with Gasteiger partial charge in [-0.25, -0.2) is 4.98 Å². The number of likely N-dealkylation sites (tertiary alicyclic amines) is 1. The van der Waals surface area contributed by atoms with Gasteiger partial charge in [0, 0.05) is 44.1 Å². The Morgan fingerprint density at radius 3 is 2.62 bits per heavy atom. The molecular weight excluding hydrogens is 326 g/mol. The maximum atomic E-state index is 12.5. The number of carbonyl (C=O) groups excluding carboxylic acids is 1. The molecule has 26 heavy (non-hydrogen) atoms. The van der Waals surface area contributed by atoms with Gasteiger partial charge in [-0.3, -0.25) is 4.79 Å². The number of piperidine rings is 1. The van der Waals surface area contributed by atoms with E-state index in [9.17, 15) is 4.79 Å². The summed E-state index contributed by atoms with van der Waals surface area (Å²) in [4.78, 5) is 24.3. The van der Waals surface area contributed by atoms with E-state index in [1.165, 1.54) is 0 Å². The predicted octanol–water partition coefficient (Wildman–Crippen LogP) is 3.36. The molecule has 2 aromatic rings. The van der Waals surface area contributed by atoms with Crippen molar-refractivity contribution >= 4 is 17.4 Å². The Morgan fingerprint density at radius 2 is 2.00 bits per heavy atom. The maximum Gasteiger partial charge on any atom is 0.270 e. The molecule has 6 heteroatoms. The van der Waals surface area contributed by atoms with E-state index < -0.39 is 0 Å². The first-order chi connectivity index (χ1) is 12.3. The zero-order valence-electron chi connectivity index (χ0n) is 16.1. The lowest BCUT2D eigenvalue weighted by atomic mass is 10.0. The zero-order valence-corrected chi connectivity index (χ0v) is 16.1. The first-order valence-electron chi connectivity index (χ1n) is 9.24. The molecule has 140 valence electrons. The summed E-state index contributed by atoms with van der Waals surface area (Å²) in [6, 6.07) is 8.10. The van der Waals surface area contributed by atoms with Crippen molar-refractivity contribution in [2.75, 3.05) is 30.4 Å². The van der Waals surface area contributed by atoms with Crippen LogP contribution in [0.15, 0.2) is 36.7 Å². The Bertz CT molecular complexity index is 727. The number of carbonyl (C=O) groups is 1. The predicted molar refractivity (Wildman–Crippen MR) is 106 cm³/mol. The molecule has 1 aliphatic heterocycles. The summed E-state index contributed by atoms with van der Waals surface area (Å²) in [6.45, 7) is 7.97. The number of H-pyrrole nitrogens is 1. The largest absolute Gasteiger partial charge is 0.377 e. The summed E-state index contributed by atoms with van der Waals surface area (Å²) in [6.07, 6.45) is 5.51. The smallest absolute Gasteiger partial charge is 0.270 e. The highest BCUT2D eigenvalue weighted by Crippen LogP contribution is 2.29. The van der Waals surface area contributed by atoms with Crippen molar-refractivity contribution in [2.45, 2.75) is 45.2 Å². The quantitative estimate of drug-likeness (QED) is 0.883. The molecule has 0 spiro atoms. The molecule has 0 bridgehead atoms. The monoisotopic (exact) mass is 355 g/mol. The van der Waals surface area contributed by atoms with Crippen molar-refractivity contribution in [1.29, 1.82) is 0 Å². The molecule has 0 aromatic carbocycles. The molecule has 1 aliphatic rings.